The molecule has 0 amide bonds. The average Bonchev–Trinajstić information content (AvgIpc) is 2.98. The molecule has 0 N–H and O–H groups in total. The van der Waals surface area contributed by atoms with Crippen LogP contribution in [-0.2, 0) is 0 Å². The maximum atomic E-state index is 10.7. The summed E-state index contributed by atoms with van der Waals surface area (Å²) >= 11 is 0. The number of fused-ring (bicyclic) bond motifs is 2. The number of hydrogen-bond acceptors (Lipinski definition) is 4. The molecule has 5 nitrogen and oxygen atoms in total. The number of benzene rings is 1. The first-order chi connectivity index (χ1) is 9.06. The van der Waals surface area contributed by atoms with Crippen molar-refractivity contribution in [2.45, 2.75) is 38.4 Å². The second-order valence-corrected chi connectivity index (χ2v) is 5.76. The smallest absolute Gasteiger partial charge is 0.269 e. The largest absolute Gasteiger partial charge is 0.366 e. The second-order valence-electron chi connectivity index (χ2n) is 5.76. The molecule has 1 aromatic carbocycles. The number of anilines is 1. The van der Waals surface area contributed by atoms with Crippen LogP contribution in [0.4, 0.5) is 11.4 Å². The van der Waals surface area contributed by atoms with E-state index in [1.165, 1.54) is 6.42 Å². The Morgan fingerprint density at radius 2 is 1.89 bits per heavy atom. The van der Waals surface area contributed by atoms with E-state index in [4.69, 9.17) is 0 Å². The summed E-state index contributed by atoms with van der Waals surface area (Å²) in [5.41, 5.74) is 1.28. The van der Waals surface area contributed by atoms with E-state index in [1.54, 1.807) is 12.1 Å². The maximum absolute atomic E-state index is 10.7. The molecule has 2 aliphatic heterocycles. The zero-order chi connectivity index (χ0) is 13.6. The van der Waals surface area contributed by atoms with Crippen LogP contribution in [0, 0.1) is 10.1 Å². The molecule has 0 aromatic heterocycles. The SMILES string of the molecule is CC(C)N1CC2CC1CN2c1ccc([N+](=O)[O-])cc1. The van der Waals surface area contributed by atoms with Crippen LogP contribution >= 0.6 is 0 Å². The predicted molar refractivity (Wildman–Crippen MR) is 74.5 cm³/mol. The highest BCUT2D eigenvalue weighted by molar-refractivity contribution is 5.53. The molecular weight excluding hydrogens is 242 g/mol. The fourth-order valence-electron chi connectivity index (χ4n) is 3.41. The van der Waals surface area contributed by atoms with Crippen molar-refractivity contribution < 1.29 is 4.92 Å². The first kappa shape index (κ1) is 12.4. The lowest BCUT2D eigenvalue weighted by atomic mass is 10.2. The highest BCUT2D eigenvalue weighted by atomic mass is 16.6. The lowest BCUT2D eigenvalue weighted by Gasteiger charge is -2.37. The number of hydrogen-bond donors (Lipinski definition) is 0. The van der Waals surface area contributed by atoms with Crippen molar-refractivity contribution >= 4 is 11.4 Å². The van der Waals surface area contributed by atoms with Crippen LogP contribution < -0.4 is 4.90 Å². The first-order valence-corrected chi connectivity index (χ1v) is 6.83. The lowest BCUT2D eigenvalue weighted by Crippen LogP contribution is -2.48. The molecule has 2 atom stereocenters. The molecule has 0 aliphatic carbocycles. The van der Waals surface area contributed by atoms with Crippen molar-refractivity contribution in [2.75, 3.05) is 18.0 Å². The number of nitrogens with zero attached hydrogens (tertiary/aromatic N) is 3. The third kappa shape index (κ3) is 2.08. The van der Waals surface area contributed by atoms with Gasteiger partial charge in [-0.1, -0.05) is 0 Å². The highest BCUT2D eigenvalue weighted by Crippen LogP contribution is 2.35. The summed E-state index contributed by atoms with van der Waals surface area (Å²) in [5.74, 6) is 0. The number of rotatable bonds is 3. The van der Waals surface area contributed by atoms with E-state index in [0.717, 1.165) is 18.8 Å². The lowest BCUT2D eigenvalue weighted by molar-refractivity contribution is -0.384. The summed E-state index contributed by atoms with van der Waals surface area (Å²) in [5, 5.41) is 10.7. The molecule has 0 spiro atoms. The van der Waals surface area contributed by atoms with E-state index in [1.807, 2.05) is 12.1 Å². The van der Waals surface area contributed by atoms with Crippen molar-refractivity contribution in [3.63, 3.8) is 0 Å². The Balaban J connectivity index is 1.74. The minimum atomic E-state index is -0.347. The van der Waals surface area contributed by atoms with Crippen LogP contribution in [0.2, 0.25) is 0 Å². The molecule has 2 aliphatic rings. The van der Waals surface area contributed by atoms with Gasteiger partial charge in [-0.05, 0) is 32.4 Å². The molecule has 102 valence electrons. The van der Waals surface area contributed by atoms with Crippen molar-refractivity contribution in [3.05, 3.63) is 34.4 Å². The average molecular weight is 261 g/mol. The Kier molecular flexibility index (Phi) is 2.93. The number of likely N-dealkylation sites (tertiary alicyclic amines) is 1. The van der Waals surface area contributed by atoms with E-state index in [9.17, 15) is 10.1 Å². The Morgan fingerprint density at radius 1 is 1.21 bits per heavy atom. The van der Waals surface area contributed by atoms with Gasteiger partial charge in [0.15, 0.2) is 0 Å². The summed E-state index contributed by atoms with van der Waals surface area (Å²) in [6.45, 7) is 6.65. The Labute approximate surface area is 113 Å². The van der Waals surface area contributed by atoms with Gasteiger partial charge in [-0.2, -0.15) is 0 Å². The summed E-state index contributed by atoms with van der Waals surface area (Å²) in [6, 6.07) is 8.75. The van der Waals surface area contributed by atoms with Gasteiger partial charge in [0.25, 0.3) is 5.69 Å². The monoisotopic (exact) mass is 261 g/mol. The van der Waals surface area contributed by atoms with Crippen molar-refractivity contribution in [3.8, 4) is 0 Å². The van der Waals surface area contributed by atoms with Gasteiger partial charge in [-0.3, -0.25) is 15.0 Å². The van der Waals surface area contributed by atoms with Crippen LogP contribution in [0.5, 0.6) is 0 Å². The van der Waals surface area contributed by atoms with E-state index in [0.29, 0.717) is 18.1 Å². The summed E-state index contributed by atoms with van der Waals surface area (Å²) in [4.78, 5) is 15.3. The minimum absolute atomic E-state index is 0.164. The Bertz CT molecular complexity index is 486. The highest BCUT2D eigenvalue weighted by Gasteiger charge is 2.43. The quantitative estimate of drug-likeness (QED) is 0.618. The van der Waals surface area contributed by atoms with E-state index in [2.05, 4.69) is 23.6 Å². The molecule has 2 bridgehead atoms. The zero-order valence-electron chi connectivity index (χ0n) is 11.3. The van der Waals surface area contributed by atoms with Gasteiger partial charge in [-0.15, -0.1) is 0 Å². The Morgan fingerprint density at radius 3 is 2.37 bits per heavy atom. The fourth-order valence-corrected chi connectivity index (χ4v) is 3.41. The minimum Gasteiger partial charge on any atom is -0.366 e. The summed E-state index contributed by atoms with van der Waals surface area (Å²) in [6.07, 6.45) is 1.22. The van der Waals surface area contributed by atoms with Crippen molar-refractivity contribution in [1.82, 2.24) is 4.90 Å². The standard InChI is InChI=1S/C14H19N3O2/c1-10(2)15-8-14-7-13(15)9-16(14)11-3-5-12(6-4-11)17(18)19/h3-6,10,13-14H,7-9H2,1-2H3. The van der Waals surface area contributed by atoms with Crippen LogP contribution in [0.3, 0.4) is 0 Å². The number of nitro groups is 1. The van der Waals surface area contributed by atoms with Gasteiger partial charge >= 0.3 is 0 Å². The second kappa shape index (κ2) is 4.49. The normalized spacial score (nSPS) is 26.4. The molecule has 1 aromatic rings. The summed E-state index contributed by atoms with van der Waals surface area (Å²) < 4.78 is 0. The molecule has 0 saturated carbocycles. The third-order valence-corrected chi connectivity index (χ3v) is 4.34. The molecule has 2 unspecified atom stereocenters. The molecule has 0 radical (unpaired) electrons. The van der Waals surface area contributed by atoms with Gasteiger partial charge in [0, 0.05) is 49.0 Å². The summed E-state index contributed by atoms with van der Waals surface area (Å²) in [7, 11) is 0. The molecule has 3 rings (SSSR count). The van der Waals surface area contributed by atoms with Gasteiger partial charge in [-0.25, -0.2) is 0 Å². The zero-order valence-corrected chi connectivity index (χ0v) is 11.3. The van der Waals surface area contributed by atoms with Gasteiger partial charge < -0.3 is 4.90 Å². The van der Waals surface area contributed by atoms with Gasteiger partial charge in [0.05, 0.1) is 4.92 Å². The fraction of sp³-hybridized carbons (Fsp3) is 0.571. The van der Waals surface area contributed by atoms with Gasteiger partial charge in [0.1, 0.15) is 0 Å². The van der Waals surface area contributed by atoms with Crippen LogP contribution in [0.25, 0.3) is 0 Å². The van der Waals surface area contributed by atoms with E-state index in [-0.39, 0.29) is 10.6 Å². The van der Waals surface area contributed by atoms with E-state index >= 15 is 0 Å². The number of nitro benzene ring substituents is 1. The van der Waals surface area contributed by atoms with Crippen molar-refractivity contribution in [2.24, 2.45) is 0 Å². The van der Waals surface area contributed by atoms with Gasteiger partial charge in [0.2, 0.25) is 0 Å². The van der Waals surface area contributed by atoms with Crippen LogP contribution in [-0.4, -0.2) is 41.0 Å². The molecule has 2 saturated heterocycles. The van der Waals surface area contributed by atoms with Crippen LogP contribution in [0.1, 0.15) is 20.3 Å². The maximum Gasteiger partial charge on any atom is 0.269 e. The third-order valence-electron chi connectivity index (χ3n) is 4.34. The Hall–Kier alpha value is -1.62. The number of piperazine rings is 1. The molecular formula is C14H19N3O2. The first-order valence-electron chi connectivity index (χ1n) is 6.83. The topological polar surface area (TPSA) is 49.6 Å². The molecule has 2 fully saturated rings. The van der Waals surface area contributed by atoms with E-state index < -0.39 is 0 Å². The molecule has 2 heterocycles. The molecule has 19 heavy (non-hydrogen) atoms. The van der Waals surface area contributed by atoms with Crippen LogP contribution in [0.15, 0.2) is 24.3 Å². The molecule has 5 heteroatoms. The van der Waals surface area contributed by atoms with Crippen molar-refractivity contribution in [1.29, 1.82) is 0 Å². The number of non-ortho nitro benzene ring substituents is 1. The predicted octanol–water partition coefficient (Wildman–Crippen LogP) is 2.27.